The molecule has 24 heavy (non-hydrogen) atoms. The molecule has 0 bridgehead atoms. The number of ether oxygens (including phenoxy) is 1. The summed E-state index contributed by atoms with van der Waals surface area (Å²) in [7, 11) is 2.02. The van der Waals surface area contributed by atoms with Crippen molar-refractivity contribution in [2.75, 3.05) is 33.3 Å². The van der Waals surface area contributed by atoms with Gasteiger partial charge in [0.25, 0.3) is 5.91 Å². The molecule has 1 aromatic rings. The minimum atomic E-state index is -0.256. The van der Waals surface area contributed by atoms with Crippen LogP contribution in [0.2, 0.25) is 0 Å². The molecule has 134 valence electrons. The normalized spacial score (nSPS) is 16.7. The molecule has 0 radical (unpaired) electrons. The average molecular weight is 419 g/mol. The standard InChI is InChI=1S/C16H24BrN3O3S/c1-3-23-16(22)20-8-6-12(7-9-20)18-15(21)11-19(2)10-13-4-5-14(17)24-13/h4-5,12H,3,6-11H2,1-2H3,(H,18,21)/p+1. The Morgan fingerprint density at radius 3 is 2.71 bits per heavy atom. The van der Waals surface area contributed by atoms with E-state index in [1.54, 1.807) is 23.2 Å². The number of piperidine rings is 1. The number of rotatable bonds is 6. The molecule has 1 aliphatic heterocycles. The predicted molar refractivity (Wildman–Crippen MR) is 97.2 cm³/mol. The molecule has 1 atom stereocenters. The summed E-state index contributed by atoms with van der Waals surface area (Å²) < 4.78 is 6.12. The average Bonchev–Trinajstić information content (AvgIpc) is 2.92. The second kappa shape index (κ2) is 9.39. The maximum Gasteiger partial charge on any atom is 0.409 e. The van der Waals surface area contributed by atoms with Gasteiger partial charge in [-0.1, -0.05) is 0 Å². The monoisotopic (exact) mass is 418 g/mol. The van der Waals surface area contributed by atoms with Gasteiger partial charge in [0, 0.05) is 19.1 Å². The summed E-state index contributed by atoms with van der Waals surface area (Å²) in [6.07, 6.45) is 1.30. The molecule has 1 saturated heterocycles. The summed E-state index contributed by atoms with van der Waals surface area (Å²) in [5.41, 5.74) is 0. The maximum atomic E-state index is 12.2. The highest BCUT2D eigenvalue weighted by atomic mass is 79.9. The lowest BCUT2D eigenvalue weighted by Crippen LogP contribution is -3.08. The Bertz CT molecular complexity index is 559. The molecule has 2 heterocycles. The molecule has 1 unspecified atom stereocenters. The van der Waals surface area contributed by atoms with E-state index in [0.29, 0.717) is 26.2 Å². The first-order chi connectivity index (χ1) is 11.5. The van der Waals surface area contributed by atoms with Gasteiger partial charge in [0.05, 0.1) is 22.3 Å². The zero-order chi connectivity index (χ0) is 17.5. The third-order valence-corrected chi connectivity index (χ3v) is 5.58. The molecule has 0 aliphatic carbocycles. The number of likely N-dealkylation sites (tertiary alicyclic amines) is 1. The van der Waals surface area contributed by atoms with Crippen molar-refractivity contribution in [1.29, 1.82) is 0 Å². The van der Waals surface area contributed by atoms with Crippen LogP contribution in [0, 0.1) is 0 Å². The van der Waals surface area contributed by atoms with E-state index in [-0.39, 0.29) is 18.0 Å². The van der Waals surface area contributed by atoms with E-state index in [9.17, 15) is 9.59 Å². The molecule has 8 heteroatoms. The van der Waals surface area contributed by atoms with Gasteiger partial charge in [-0.3, -0.25) is 4.79 Å². The fraction of sp³-hybridized carbons (Fsp3) is 0.625. The Morgan fingerprint density at radius 2 is 2.12 bits per heavy atom. The van der Waals surface area contributed by atoms with Gasteiger partial charge in [-0.25, -0.2) is 4.79 Å². The zero-order valence-corrected chi connectivity index (χ0v) is 16.5. The fourth-order valence-corrected chi connectivity index (χ4v) is 4.38. The topological polar surface area (TPSA) is 63.1 Å². The first-order valence-corrected chi connectivity index (χ1v) is 9.85. The van der Waals surface area contributed by atoms with Crippen LogP contribution in [0.4, 0.5) is 4.79 Å². The number of likely N-dealkylation sites (N-methyl/N-ethyl adjacent to an activating group) is 1. The highest BCUT2D eigenvalue weighted by Gasteiger charge is 2.25. The third-order valence-electron chi connectivity index (χ3n) is 3.95. The summed E-state index contributed by atoms with van der Waals surface area (Å²) in [4.78, 5) is 28.0. The molecule has 6 nitrogen and oxygen atoms in total. The summed E-state index contributed by atoms with van der Waals surface area (Å²) in [6, 6.07) is 4.26. The second-order valence-electron chi connectivity index (χ2n) is 6.04. The summed E-state index contributed by atoms with van der Waals surface area (Å²) in [6.45, 7) is 4.76. The molecule has 1 fully saturated rings. The lowest BCUT2D eigenvalue weighted by molar-refractivity contribution is -0.885. The van der Waals surface area contributed by atoms with Crippen LogP contribution >= 0.6 is 27.3 Å². The second-order valence-corrected chi connectivity index (χ2v) is 8.59. The van der Waals surface area contributed by atoms with Gasteiger partial charge in [-0.15, -0.1) is 11.3 Å². The lowest BCUT2D eigenvalue weighted by atomic mass is 10.1. The first kappa shape index (κ1) is 19.2. The van der Waals surface area contributed by atoms with Gasteiger partial charge in [-0.05, 0) is 47.8 Å². The van der Waals surface area contributed by atoms with Crippen LogP contribution in [0.25, 0.3) is 0 Å². The number of nitrogens with zero attached hydrogens (tertiary/aromatic N) is 1. The van der Waals surface area contributed by atoms with Crippen molar-refractivity contribution in [3.8, 4) is 0 Å². The molecule has 1 aliphatic rings. The number of carbonyl (C=O) groups excluding carboxylic acids is 2. The fourth-order valence-electron chi connectivity index (χ4n) is 2.78. The van der Waals surface area contributed by atoms with E-state index < -0.39 is 0 Å². The van der Waals surface area contributed by atoms with E-state index in [2.05, 4.69) is 27.3 Å². The molecule has 1 aromatic heterocycles. The van der Waals surface area contributed by atoms with Gasteiger partial charge in [0.1, 0.15) is 6.54 Å². The van der Waals surface area contributed by atoms with Gasteiger partial charge < -0.3 is 19.9 Å². The molecule has 2 N–H and O–H groups in total. The molecule has 0 aromatic carbocycles. The quantitative estimate of drug-likeness (QED) is 0.730. The van der Waals surface area contributed by atoms with E-state index in [1.165, 1.54) is 4.88 Å². The molecular weight excluding hydrogens is 394 g/mol. The van der Waals surface area contributed by atoms with Gasteiger partial charge in [-0.2, -0.15) is 0 Å². The minimum absolute atomic E-state index is 0.0673. The number of thiophene rings is 1. The predicted octanol–water partition coefficient (Wildman–Crippen LogP) is 1.26. The number of amides is 2. The van der Waals surface area contributed by atoms with Crippen LogP contribution in [0.15, 0.2) is 15.9 Å². The Labute approximate surface area is 155 Å². The van der Waals surface area contributed by atoms with Crippen molar-refractivity contribution in [3.05, 3.63) is 20.8 Å². The van der Waals surface area contributed by atoms with Crippen molar-refractivity contribution in [2.45, 2.75) is 32.4 Å². The highest BCUT2D eigenvalue weighted by molar-refractivity contribution is 9.11. The van der Waals surface area contributed by atoms with Crippen molar-refractivity contribution in [2.24, 2.45) is 0 Å². The Balaban J connectivity index is 1.68. The van der Waals surface area contributed by atoms with Gasteiger partial charge >= 0.3 is 6.09 Å². The molecule has 0 spiro atoms. The van der Waals surface area contributed by atoms with Crippen LogP contribution in [-0.4, -0.2) is 56.2 Å². The van der Waals surface area contributed by atoms with Crippen molar-refractivity contribution in [1.82, 2.24) is 10.2 Å². The third kappa shape index (κ3) is 6.07. The summed E-state index contributed by atoms with van der Waals surface area (Å²) in [5.74, 6) is 0.0673. The number of halogens is 1. The highest BCUT2D eigenvalue weighted by Crippen LogP contribution is 2.21. The van der Waals surface area contributed by atoms with Gasteiger partial charge in [0.2, 0.25) is 0 Å². The van der Waals surface area contributed by atoms with Crippen molar-refractivity contribution < 1.29 is 19.2 Å². The van der Waals surface area contributed by atoms with Crippen LogP contribution in [0.5, 0.6) is 0 Å². The van der Waals surface area contributed by atoms with Crippen LogP contribution in [0.1, 0.15) is 24.6 Å². The summed E-state index contributed by atoms with van der Waals surface area (Å²) in [5, 5.41) is 3.09. The van der Waals surface area contributed by atoms with E-state index in [1.807, 2.05) is 13.1 Å². The number of hydrogen-bond acceptors (Lipinski definition) is 4. The SMILES string of the molecule is CCOC(=O)N1CCC(NC(=O)C[NH+](C)Cc2ccc(Br)s2)CC1. The van der Waals surface area contributed by atoms with Crippen LogP contribution in [-0.2, 0) is 16.1 Å². The zero-order valence-electron chi connectivity index (χ0n) is 14.1. The molecule has 0 saturated carbocycles. The number of quaternary nitrogens is 1. The Hall–Kier alpha value is -1.12. The molecular formula is C16H25BrN3O3S+. The smallest absolute Gasteiger partial charge is 0.409 e. The largest absolute Gasteiger partial charge is 0.450 e. The Kier molecular flexibility index (Phi) is 7.51. The number of hydrogen-bond donors (Lipinski definition) is 2. The van der Waals surface area contributed by atoms with Crippen molar-refractivity contribution in [3.63, 3.8) is 0 Å². The molecule has 2 amide bonds. The number of nitrogens with one attached hydrogen (secondary N) is 2. The van der Waals surface area contributed by atoms with Crippen LogP contribution in [0.3, 0.4) is 0 Å². The maximum absolute atomic E-state index is 12.2. The van der Waals surface area contributed by atoms with E-state index in [4.69, 9.17) is 4.74 Å². The van der Waals surface area contributed by atoms with Crippen molar-refractivity contribution >= 4 is 39.3 Å². The Morgan fingerprint density at radius 1 is 1.42 bits per heavy atom. The first-order valence-electron chi connectivity index (χ1n) is 8.24. The lowest BCUT2D eigenvalue weighted by Gasteiger charge is -2.31. The van der Waals surface area contributed by atoms with E-state index >= 15 is 0 Å². The number of carbonyl (C=O) groups is 2. The van der Waals surface area contributed by atoms with E-state index in [0.717, 1.165) is 28.1 Å². The molecule has 2 rings (SSSR count). The van der Waals surface area contributed by atoms with Gasteiger partial charge in [0.15, 0.2) is 6.54 Å². The summed E-state index contributed by atoms with van der Waals surface area (Å²) >= 11 is 5.16. The minimum Gasteiger partial charge on any atom is -0.450 e. The van der Waals surface area contributed by atoms with Crippen LogP contribution < -0.4 is 10.2 Å².